The number of carboxylic acid groups (broad SMARTS) is 1. The van der Waals surface area contributed by atoms with Gasteiger partial charge in [-0.2, -0.15) is 0 Å². The maximum Gasteiger partial charge on any atom is 0.325 e. The Bertz CT molecular complexity index is 881. The van der Waals surface area contributed by atoms with Crippen molar-refractivity contribution in [3.8, 4) is 0 Å². The van der Waals surface area contributed by atoms with Crippen molar-refractivity contribution in [3.63, 3.8) is 0 Å². The van der Waals surface area contributed by atoms with E-state index in [9.17, 15) is 19.2 Å². The first kappa shape index (κ1) is 31.4. The Labute approximate surface area is 218 Å². The summed E-state index contributed by atoms with van der Waals surface area (Å²) in [5.74, 6) is -2.95. The maximum absolute atomic E-state index is 13.0. The Balaban J connectivity index is 2.98. The van der Waals surface area contributed by atoms with Gasteiger partial charge in [-0.15, -0.1) is 0 Å². The molecule has 36 heavy (non-hydrogen) atoms. The van der Waals surface area contributed by atoms with Gasteiger partial charge in [-0.05, 0) is 43.4 Å². The Morgan fingerprint density at radius 2 is 1.81 bits per heavy atom. The van der Waals surface area contributed by atoms with Gasteiger partial charge in [0.25, 0.3) is 0 Å². The minimum Gasteiger partial charge on any atom is -0.480 e. The zero-order valence-electron chi connectivity index (χ0n) is 21.6. The second kappa shape index (κ2) is 16.2. The largest absolute Gasteiger partial charge is 0.480 e. The number of rotatable bonds is 16. The van der Waals surface area contributed by atoms with Gasteiger partial charge in [0.1, 0.15) is 24.2 Å². The van der Waals surface area contributed by atoms with E-state index < -0.39 is 48.0 Å². The molecular weight excluding hydrogens is 486 g/mol. The average Bonchev–Trinajstić information content (AvgIpc) is 2.82. The standard InChI is InChI=1S/C26H40ClN3O6/c1-5-7-8-12-20(36-26(35)23(28)16(3)6-2)15-22(31)30-21(24(32)29-17(4)25(33)34)14-18-10-9-11-19(27)13-18/h9-11,13,16-17,20-21,23H,5-8,12,14-15,28H2,1-4H3,(H,29,32)(H,30,31)(H,33,34)/t16-,17-,20+,21-,23+/m0/s1. The van der Waals surface area contributed by atoms with Crippen molar-refractivity contribution in [2.24, 2.45) is 11.7 Å². The molecule has 0 aliphatic heterocycles. The van der Waals surface area contributed by atoms with E-state index >= 15 is 0 Å². The summed E-state index contributed by atoms with van der Waals surface area (Å²) < 4.78 is 5.60. The molecule has 0 heterocycles. The molecule has 2 amide bonds. The molecule has 202 valence electrons. The topological polar surface area (TPSA) is 148 Å². The lowest BCUT2D eigenvalue weighted by Gasteiger charge is -2.24. The predicted molar refractivity (Wildman–Crippen MR) is 138 cm³/mol. The van der Waals surface area contributed by atoms with Crippen LogP contribution in [-0.4, -0.2) is 53.1 Å². The number of ether oxygens (including phenoxy) is 1. The fourth-order valence-electron chi connectivity index (χ4n) is 3.50. The van der Waals surface area contributed by atoms with Gasteiger partial charge in [-0.1, -0.05) is 63.8 Å². The fourth-order valence-corrected chi connectivity index (χ4v) is 3.71. The van der Waals surface area contributed by atoms with Crippen LogP contribution in [0.1, 0.15) is 71.8 Å². The third kappa shape index (κ3) is 11.4. The van der Waals surface area contributed by atoms with Crippen molar-refractivity contribution in [2.75, 3.05) is 0 Å². The lowest BCUT2D eigenvalue weighted by atomic mass is 10.00. The van der Waals surface area contributed by atoms with E-state index in [1.165, 1.54) is 6.92 Å². The van der Waals surface area contributed by atoms with Crippen LogP contribution in [0.3, 0.4) is 0 Å². The predicted octanol–water partition coefficient (Wildman–Crippen LogP) is 3.21. The summed E-state index contributed by atoms with van der Waals surface area (Å²) in [5.41, 5.74) is 6.70. The summed E-state index contributed by atoms with van der Waals surface area (Å²) in [6.45, 7) is 7.17. The van der Waals surface area contributed by atoms with Crippen LogP contribution in [0, 0.1) is 5.92 Å². The quantitative estimate of drug-likeness (QED) is 0.191. The molecular formula is C26H40ClN3O6. The Morgan fingerprint density at radius 1 is 1.11 bits per heavy atom. The number of carbonyl (C=O) groups excluding carboxylic acids is 3. The molecule has 0 unspecified atom stereocenters. The molecule has 5 N–H and O–H groups in total. The van der Waals surface area contributed by atoms with Crippen LogP contribution in [0.2, 0.25) is 5.02 Å². The molecule has 10 heteroatoms. The van der Waals surface area contributed by atoms with Crippen molar-refractivity contribution < 1.29 is 29.0 Å². The number of hydrogen-bond acceptors (Lipinski definition) is 6. The normalized spacial score (nSPS) is 15.2. The number of nitrogens with two attached hydrogens (primary N) is 1. The van der Waals surface area contributed by atoms with E-state index in [0.717, 1.165) is 19.3 Å². The zero-order chi connectivity index (χ0) is 27.3. The number of halogens is 1. The number of carbonyl (C=O) groups is 4. The average molecular weight is 526 g/mol. The van der Waals surface area contributed by atoms with Crippen LogP contribution < -0.4 is 16.4 Å². The van der Waals surface area contributed by atoms with Crippen molar-refractivity contribution in [1.29, 1.82) is 0 Å². The summed E-state index contributed by atoms with van der Waals surface area (Å²) in [6.07, 6.45) is 3.12. The van der Waals surface area contributed by atoms with Crippen molar-refractivity contribution >= 4 is 35.4 Å². The highest BCUT2D eigenvalue weighted by atomic mass is 35.5. The lowest BCUT2D eigenvalue weighted by Crippen LogP contribution is -2.52. The Hall–Kier alpha value is -2.65. The molecule has 5 atom stereocenters. The molecule has 0 saturated heterocycles. The van der Waals surface area contributed by atoms with E-state index in [1.807, 2.05) is 20.8 Å². The minimum absolute atomic E-state index is 0.0652. The van der Waals surface area contributed by atoms with E-state index in [-0.39, 0.29) is 18.8 Å². The lowest BCUT2D eigenvalue weighted by molar-refractivity contribution is -0.153. The SMILES string of the molecule is CCCCC[C@H](CC(=O)N[C@@H](Cc1cccc(Cl)c1)C(=O)N[C@@H](C)C(=O)O)OC(=O)[C@H](N)[C@@H](C)CC. The first-order chi connectivity index (χ1) is 17.0. The summed E-state index contributed by atoms with van der Waals surface area (Å²) in [4.78, 5) is 49.5. The van der Waals surface area contributed by atoms with Gasteiger partial charge in [0.2, 0.25) is 11.8 Å². The first-order valence-corrected chi connectivity index (χ1v) is 12.9. The van der Waals surface area contributed by atoms with Gasteiger partial charge < -0.3 is 26.2 Å². The molecule has 1 rings (SSSR count). The van der Waals surface area contributed by atoms with Gasteiger partial charge in [0, 0.05) is 11.4 Å². The molecule has 1 aromatic rings. The number of carboxylic acids is 1. The summed E-state index contributed by atoms with van der Waals surface area (Å²) in [7, 11) is 0. The first-order valence-electron chi connectivity index (χ1n) is 12.5. The van der Waals surface area contributed by atoms with Crippen molar-refractivity contribution in [3.05, 3.63) is 34.9 Å². The minimum atomic E-state index is -1.20. The molecule has 0 saturated carbocycles. The molecule has 9 nitrogen and oxygen atoms in total. The van der Waals surface area contributed by atoms with E-state index in [1.54, 1.807) is 24.3 Å². The Morgan fingerprint density at radius 3 is 2.39 bits per heavy atom. The van der Waals surface area contributed by atoms with Gasteiger partial charge in [0.15, 0.2) is 0 Å². The van der Waals surface area contributed by atoms with E-state index in [2.05, 4.69) is 10.6 Å². The number of esters is 1. The number of aliphatic carboxylic acids is 1. The van der Waals surface area contributed by atoms with E-state index in [4.69, 9.17) is 27.2 Å². The van der Waals surface area contributed by atoms with Gasteiger partial charge in [-0.3, -0.25) is 19.2 Å². The Kier molecular flexibility index (Phi) is 14.1. The third-order valence-electron chi connectivity index (χ3n) is 6.06. The number of benzene rings is 1. The number of unbranched alkanes of at least 4 members (excludes halogenated alkanes) is 2. The van der Waals surface area contributed by atoms with Crippen LogP contribution in [0.4, 0.5) is 0 Å². The molecule has 0 spiro atoms. The van der Waals surface area contributed by atoms with Crippen LogP contribution in [0.15, 0.2) is 24.3 Å². The van der Waals surface area contributed by atoms with Crippen molar-refractivity contribution in [2.45, 2.75) is 96.9 Å². The van der Waals surface area contributed by atoms with Gasteiger partial charge >= 0.3 is 11.9 Å². The second-order valence-electron chi connectivity index (χ2n) is 9.19. The van der Waals surface area contributed by atoms with E-state index in [0.29, 0.717) is 23.4 Å². The van der Waals surface area contributed by atoms with Gasteiger partial charge in [-0.25, -0.2) is 0 Å². The summed E-state index contributed by atoms with van der Waals surface area (Å²) >= 11 is 6.05. The third-order valence-corrected chi connectivity index (χ3v) is 6.30. The van der Waals surface area contributed by atoms with Crippen LogP contribution in [-0.2, 0) is 30.3 Å². The molecule has 0 aromatic heterocycles. The second-order valence-corrected chi connectivity index (χ2v) is 9.63. The summed E-state index contributed by atoms with van der Waals surface area (Å²) in [6, 6.07) is 3.85. The molecule has 0 radical (unpaired) electrons. The summed E-state index contributed by atoms with van der Waals surface area (Å²) in [5, 5.41) is 14.7. The number of hydrogen-bond donors (Lipinski definition) is 4. The van der Waals surface area contributed by atoms with Crippen LogP contribution in [0.25, 0.3) is 0 Å². The van der Waals surface area contributed by atoms with Crippen LogP contribution >= 0.6 is 11.6 Å². The smallest absolute Gasteiger partial charge is 0.325 e. The highest BCUT2D eigenvalue weighted by molar-refractivity contribution is 6.30. The molecule has 0 bridgehead atoms. The molecule has 0 aliphatic carbocycles. The molecule has 1 aromatic carbocycles. The zero-order valence-corrected chi connectivity index (χ0v) is 22.3. The van der Waals surface area contributed by atoms with Gasteiger partial charge in [0.05, 0.1) is 6.42 Å². The number of nitrogens with one attached hydrogen (secondary N) is 2. The highest BCUT2D eigenvalue weighted by Crippen LogP contribution is 2.16. The molecule has 0 fully saturated rings. The fraction of sp³-hybridized carbons (Fsp3) is 0.615. The highest BCUT2D eigenvalue weighted by Gasteiger charge is 2.28. The maximum atomic E-state index is 13.0. The van der Waals surface area contributed by atoms with Crippen molar-refractivity contribution in [1.82, 2.24) is 10.6 Å². The van der Waals surface area contributed by atoms with Crippen LogP contribution in [0.5, 0.6) is 0 Å². The number of amides is 2. The molecule has 0 aliphatic rings. The monoisotopic (exact) mass is 525 g/mol.